The highest BCUT2D eigenvalue weighted by Gasteiger charge is 2.21. The predicted octanol–water partition coefficient (Wildman–Crippen LogP) is 14.8. The van der Waals surface area contributed by atoms with Gasteiger partial charge in [0.25, 0.3) is 0 Å². The van der Waals surface area contributed by atoms with Gasteiger partial charge in [-0.05, 0) is 85.6 Å². The summed E-state index contributed by atoms with van der Waals surface area (Å²) in [5.41, 5.74) is 5.15. The fourth-order valence-corrected chi connectivity index (χ4v) is 8.84. The van der Waals surface area contributed by atoms with Crippen molar-refractivity contribution in [3.05, 3.63) is 72.8 Å². The third kappa shape index (κ3) is 23.1. The molecule has 3 aromatic carbocycles. The zero-order valence-electron chi connectivity index (χ0n) is 45.9. The van der Waals surface area contributed by atoms with Crippen molar-refractivity contribution in [3.63, 3.8) is 0 Å². The quantitative estimate of drug-likeness (QED) is 0.0273. The SMILES string of the molecule is CCCCCCCCCCCCOc1c(OCCCCCCCCCCCC)c2ccc(-c3ccc(OCCOCCOCCOC)cc3)nc2c2nc(-c3ccc(OCCOCCOCCOC)cc3)ccc12. The van der Waals surface area contributed by atoms with Gasteiger partial charge in [0.15, 0.2) is 11.5 Å². The summed E-state index contributed by atoms with van der Waals surface area (Å²) in [7, 11) is 3.33. The maximum absolute atomic E-state index is 6.86. The van der Waals surface area contributed by atoms with Crippen LogP contribution in [0.5, 0.6) is 23.0 Å². The summed E-state index contributed by atoms with van der Waals surface area (Å²) in [6.07, 6.45) is 25.3. The van der Waals surface area contributed by atoms with Crippen molar-refractivity contribution in [1.29, 1.82) is 0 Å². The topological polar surface area (TPSA) is 118 Å². The number of unbranched alkanes of at least 4 members (excludes halogenated alkanes) is 18. The number of aromatic nitrogens is 2. The molecule has 2 heterocycles. The lowest BCUT2D eigenvalue weighted by molar-refractivity contribution is 0.0180. The van der Waals surface area contributed by atoms with Crippen molar-refractivity contribution in [3.8, 4) is 45.5 Å². The van der Waals surface area contributed by atoms with E-state index in [9.17, 15) is 0 Å². The molecule has 0 fully saturated rings. The number of rotatable bonds is 46. The van der Waals surface area contributed by atoms with Crippen LogP contribution in [0, 0.1) is 0 Å². The van der Waals surface area contributed by atoms with Gasteiger partial charge in [-0.2, -0.15) is 0 Å². The largest absolute Gasteiger partial charge is 0.491 e. The molecule has 0 aliphatic rings. The van der Waals surface area contributed by atoms with Crippen molar-refractivity contribution < 1.29 is 47.4 Å². The third-order valence-electron chi connectivity index (χ3n) is 13.1. The number of fused-ring (bicyclic) bond motifs is 3. The summed E-state index contributed by atoms with van der Waals surface area (Å²) < 4.78 is 58.1. The van der Waals surface area contributed by atoms with E-state index in [-0.39, 0.29) is 0 Å². The minimum atomic E-state index is 0.439. The number of benzene rings is 3. The molecule has 0 saturated carbocycles. The van der Waals surface area contributed by atoms with E-state index in [0.29, 0.717) is 92.5 Å². The number of hydrogen-bond acceptors (Lipinski definition) is 12. The van der Waals surface area contributed by atoms with Crippen LogP contribution in [0.3, 0.4) is 0 Å². The minimum Gasteiger partial charge on any atom is -0.491 e. The molecule has 12 nitrogen and oxygen atoms in total. The van der Waals surface area contributed by atoms with E-state index in [1.54, 1.807) is 14.2 Å². The van der Waals surface area contributed by atoms with Gasteiger partial charge in [-0.1, -0.05) is 129 Å². The lowest BCUT2D eigenvalue weighted by atomic mass is 10.0. The summed E-state index contributed by atoms with van der Waals surface area (Å²) in [6, 6.07) is 24.6. The molecule has 0 bridgehead atoms. The third-order valence-corrected chi connectivity index (χ3v) is 13.1. The summed E-state index contributed by atoms with van der Waals surface area (Å²) in [5, 5.41) is 1.79. The first kappa shape index (κ1) is 60.3. The van der Waals surface area contributed by atoms with Gasteiger partial charge in [0.2, 0.25) is 0 Å². The molecule has 5 aromatic rings. The van der Waals surface area contributed by atoms with Crippen LogP contribution in [-0.4, -0.2) is 117 Å². The van der Waals surface area contributed by atoms with Crippen LogP contribution in [0.4, 0.5) is 0 Å². The molecule has 12 heteroatoms. The van der Waals surface area contributed by atoms with Crippen LogP contribution in [0.2, 0.25) is 0 Å². The van der Waals surface area contributed by atoms with Crippen molar-refractivity contribution in [1.82, 2.24) is 9.97 Å². The van der Waals surface area contributed by atoms with E-state index in [1.165, 1.54) is 103 Å². The van der Waals surface area contributed by atoms with E-state index in [0.717, 1.165) is 93.0 Å². The molecule has 0 amide bonds. The number of nitrogens with zero attached hydrogens (tertiary/aromatic N) is 2. The number of hydrogen-bond donors (Lipinski definition) is 0. The smallest absolute Gasteiger partial charge is 0.171 e. The molecule has 0 radical (unpaired) electrons. The monoisotopic (exact) mass is 1020 g/mol. The number of ether oxygens (including phenoxy) is 10. The van der Waals surface area contributed by atoms with E-state index < -0.39 is 0 Å². The Labute approximate surface area is 444 Å². The maximum atomic E-state index is 6.86. The standard InChI is InChI=1S/C62H92N2O10/c1-5-7-9-11-13-15-17-19-21-23-37-73-61-55-33-35-57(51-25-29-53(30-26-51)71-49-47-69-45-43-67-41-39-65-3)63-59(55)60-56(62(61)74-38-24-22-20-18-16-14-12-10-8-6-2)34-36-58(64-60)52-27-31-54(32-28-52)72-50-48-70-46-44-68-42-40-66-4/h25-36H,5-24,37-50H2,1-4H3. The summed E-state index contributed by atoms with van der Waals surface area (Å²) in [6.45, 7) is 11.9. The zero-order chi connectivity index (χ0) is 51.9. The summed E-state index contributed by atoms with van der Waals surface area (Å²) in [4.78, 5) is 10.8. The molecule has 0 atom stereocenters. The van der Waals surface area contributed by atoms with Crippen LogP contribution < -0.4 is 18.9 Å². The van der Waals surface area contributed by atoms with Crippen LogP contribution >= 0.6 is 0 Å². The highest BCUT2D eigenvalue weighted by molar-refractivity contribution is 6.11. The fourth-order valence-electron chi connectivity index (χ4n) is 8.84. The summed E-state index contributed by atoms with van der Waals surface area (Å²) >= 11 is 0. The molecule has 0 aliphatic carbocycles. The molecule has 0 N–H and O–H groups in total. The lowest BCUT2D eigenvalue weighted by Gasteiger charge is -2.19. The van der Waals surface area contributed by atoms with Gasteiger partial charge in [0.05, 0.1) is 90.7 Å². The highest BCUT2D eigenvalue weighted by Crippen LogP contribution is 2.44. The molecule has 5 rings (SSSR count). The highest BCUT2D eigenvalue weighted by atomic mass is 16.6. The second kappa shape index (κ2) is 38.9. The second-order valence-corrected chi connectivity index (χ2v) is 19.1. The predicted molar refractivity (Wildman–Crippen MR) is 301 cm³/mol. The Kier molecular flexibility index (Phi) is 31.7. The Morgan fingerprint density at radius 2 is 0.608 bits per heavy atom. The Morgan fingerprint density at radius 3 is 0.946 bits per heavy atom. The Morgan fingerprint density at radius 1 is 0.297 bits per heavy atom. The minimum absolute atomic E-state index is 0.439. The molecule has 410 valence electrons. The molecule has 0 saturated heterocycles. The van der Waals surface area contributed by atoms with Gasteiger partial charge in [-0.3, -0.25) is 0 Å². The second-order valence-electron chi connectivity index (χ2n) is 19.1. The Hall–Kier alpha value is -4.56. The van der Waals surface area contributed by atoms with E-state index in [2.05, 4.69) is 62.4 Å². The van der Waals surface area contributed by atoms with Gasteiger partial charge >= 0.3 is 0 Å². The Bertz CT molecular complexity index is 2030. The maximum Gasteiger partial charge on any atom is 0.171 e. The first-order valence-electron chi connectivity index (χ1n) is 28.4. The van der Waals surface area contributed by atoms with Crippen LogP contribution in [0.25, 0.3) is 44.3 Å². The zero-order valence-corrected chi connectivity index (χ0v) is 45.9. The average molecular weight is 1030 g/mol. The fraction of sp³-hybridized carbons (Fsp3) is 0.613. The molecule has 0 unspecified atom stereocenters. The van der Waals surface area contributed by atoms with Crippen molar-refractivity contribution in [2.24, 2.45) is 0 Å². The van der Waals surface area contributed by atoms with Crippen LogP contribution in [0.1, 0.15) is 142 Å². The van der Waals surface area contributed by atoms with Crippen LogP contribution in [-0.2, 0) is 28.4 Å². The van der Waals surface area contributed by atoms with Gasteiger partial charge in [0.1, 0.15) is 35.7 Å². The van der Waals surface area contributed by atoms with Crippen LogP contribution in [0.15, 0.2) is 72.8 Å². The lowest BCUT2D eigenvalue weighted by Crippen LogP contribution is -2.12. The molecule has 0 aliphatic heterocycles. The summed E-state index contributed by atoms with van der Waals surface area (Å²) in [5.74, 6) is 3.03. The van der Waals surface area contributed by atoms with E-state index >= 15 is 0 Å². The first-order valence-corrected chi connectivity index (χ1v) is 28.4. The molecule has 0 spiro atoms. The first-order chi connectivity index (χ1) is 36.7. The van der Waals surface area contributed by atoms with Gasteiger partial charge in [-0.15, -0.1) is 0 Å². The number of pyridine rings is 2. The van der Waals surface area contributed by atoms with Gasteiger partial charge in [0, 0.05) is 36.1 Å². The van der Waals surface area contributed by atoms with Gasteiger partial charge < -0.3 is 47.4 Å². The van der Waals surface area contributed by atoms with E-state index in [1.807, 2.05) is 24.3 Å². The van der Waals surface area contributed by atoms with Gasteiger partial charge in [-0.25, -0.2) is 9.97 Å². The van der Waals surface area contributed by atoms with Crippen molar-refractivity contribution in [2.75, 3.05) is 107 Å². The van der Waals surface area contributed by atoms with Crippen molar-refractivity contribution in [2.45, 2.75) is 142 Å². The molecular formula is C62H92N2O10. The molecule has 74 heavy (non-hydrogen) atoms. The molecular weight excluding hydrogens is 933 g/mol. The number of methoxy groups -OCH3 is 2. The average Bonchev–Trinajstić information content (AvgIpc) is 3.43. The van der Waals surface area contributed by atoms with E-state index in [4.69, 9.17) is 57.3 Å². The molecule has 2 aromatic heterocycles. The normalized spacial score (nSPS) is 11.5. The Balaban J connectivity index is 1.36. The van der Waals surface area contributed by atoms with Crippen molar-refractivity contribution >= 4 is 21.8 Å².